The van der Waals surface area contributed by atoms with Crippen LogP contribution in [0.1, 0.15) is 88.2 Å². The smallest absolute Gasteiger partial charge is 0.0810 e. The molecule has 2 unspecified atom stereocenters. The standard InChI is InChI=1S/C29H36Br2O2/c30-21-11-13-25-26-14-12-22(31)18-28(26)29(27(25)17-21,15-7-3-1-5-9-23-19-32-23)16-8-4-2-6-10-24-20-33-24/h11-14,17-18,23-24H,1-10,15-16,19-20H2. The van der Waals surface area contributed by atoms with Gasteiger partial charge in [0.1, 0.15) is 0 Å². The van der Waals surface area contributed by atoms with E-state index in [4.69, 9.17) is 9.47 Å². The third-order valence-corrected chi connectivity index (χ3v) is 8.84. The topological polar surface area (TPSA) is 25.1 Å². The molecule has 0 aromatic heterocycles. The highest BCUT2D eigenvalue weighted by Gasteiger charge is 2.42. The van der Waals surface area contributed by atoms with Crippen molar-refractivity contribution in [2.24, 2.45) is 0 Å². The first-order chi connectivity index (χ1) is 16.2. The van der Waals surface area contributed by atoms with Gasteiger partial charge in [0.15, 0.2) is 0 Å². The zero-order chi connectivity index (χ0) is 22.7. The normalized spacial score (nSPS) is 21.6. The van der Waals surface area contributed by atoms with Crippen molar-refractivity contribution in [3.05, 3.63) is 56.5 Å². The van der Waals surface area contributed by atoms with Crippen molar-refractivity contribution in [1.82, 2.24) is 0 Å². The molecule has 0 bridgehead atoms. The van der Waals surface area contributed by atoms with Gasteiger partial charge in [-0.05, 0) is 72.2 Å². The first kappa shape index (κ1) is 24.0. The number of hydrogen-bond donors (Lipinski definition) is 0. The molecular formula is C29H36Br2O2. The number of halogens is 2. The Balaban J connectivity index is 1.31. The van der Waals surface area contributed by atoms with Crippen molar-refractivity contribution in [2.45, 2.75) is 94.7 Å². The lowest BCUT2D eigenvalue weighted by molar-refractivity contribution is 0.374. The molecule has 4 heteroatoms. The monoisotopic (exact) mass is 574 g/mol. The number of epoxide rings is 2. The second-order valence-corrected chi connectivity index (χ2v) is 12.1. The molecule has 2 aliphatic heterocycles. The highest BCUT2D eigenvalue weighted by atomic mass is 79.9. The predicted molar refractivity (Wildman–Crippen MR) is 143 cm³/mol. The van der Waals surface area contributed by atoms with Crippen molar-refractivity contribution in [2.75, 3.05) is 13.2 Å². The minimum absolute atomic E-state index is 0.136. The van der Waals surface area contributed by atoms with E-state index >= 15 is 0 Å². The molecule has 2 atom stereocenters. The van der Waals surface area contributed by atoms with Gasteiger partial charge in [0.2, 0.25) is 0 Å². The number of unbranched alkanes of at least 4 members (excludes halogenated alkanes) is 6. The summed E-state index contributed by atoms with van der Waals surface area (Å²) in [6.45, 7) is 1.99. The van der Waals surface area contributed by atoms with E-state index < -0.39 is 0 Å². The lowest BCUT2D eigenvalue weighted by Gasteiger charge is -2.33. The van der Waals surface area contributed by atoms with Crippen molar-refractivity contribution in [3.8, 4) is 11.1 Å². The largest absolute Gasteiger partial charge is 0.373 e. The molecule has 2 nitrogen and oxygen atoms in total. The molecular weight excluding hydrogens is 540 g/mol. The van der Waals surface area contributed by atoms with Gasteiger partial charge in [0, 0.05) is 14.4 Å². The van der Waals surface area contributed by atoms with Crippen molar-refractivity contribution >= 4 is 31.9 Å². The summed E-state index contributed by atoms with van der Waals surface area (Å²) < 4.78 is 13.2. The average molecular weight is 576 g/mol. The van der Waals surface area contributed by atoms with E-state index in [-0.39, 0.29) is 5.41 Å². The molecule has 0 amide bonds. The van der Waals surface area contributed by atoms with Gasteiger partial charge >= 0.3 is 0 Å². The second kappa shape index (κ2) is 10.9. The number of rotatable bonds is 14. The summed E-state index contributed by atoms with van der Waals surface area (Å²) in [7, 11) is 0. The van der Waals surface area contributed by atoms with E-state index in [1.165, 1.54) is 97.1 Å². The Hall–Kier alpha value is -0.680. The van der Waals surface area contributed by atoms with Crippen LogP contribution < -0.4 is 0 Å². The van der Waals surface area contributed by atoms with Gasteiger partial charge in [-0.3, -0.25) is 0 Å². The summed E-state index contributed by atoms with van der Waals surface area (Å²) in [4.78, 5) is 0. The molecule has 2 saturated heterocycles. The van der Waals surface area contributed by atoms with Gasteiger partial charge < -0.3 is 9.47 Å². The van der Waals surface area contributed by atoms with Crippen LogP contribution in [0.3, 0.4) is 0 Å². The third kappa shape index (κ3) is 5.94. The molecule has 0 N–H and O–H groups in total. The van der Waals surface area contributed by atoms with Gasteiger partial charge in [0.05, 0.1) is 25.4 Å². The molecule has 1 aliphatic carbocycles. The van der Waals surface area contributed by atoms with E-state index in [1.54, 1.807) is 11.1 Å². The van der Waals surface area contributed by atoms with Crippen molar-refractivity contribution < 1.29 is 9.47 Å². The molecule has 0 spiro atoms. The quantitative estimate of drug-likeness (QED) is 0.166. The summed E-state index contributed by atoms with van der Waals surface area (Å²) in [5, 5.41) is 0. The predicted octanol–water partition coefficient (Wildman–Crippen LogP) is 8.96. The highest BCUT2D eigenvalue weighted by molar-refractivity contribution is 9.10. The van der Waals surface area contributed by atoms with Crippen LogP contribution in [0.5, 0.6) is 0 Å². The summed E-state index contributed by atoms with van der Waals surface area (Å²) in [6, 6.07) is 13.9. The fraction of sp³-hybridized carbons (Fsp3) is 0.586. The number of benzene rings is 2. The van der Waals surface area contributed by atoms with Crippen molar-refractivity contribution in [1.29, 1.82) is 0 Å². The fourth-order valence-electron chi connectivity index (χ4n) is 5.88. The molecule has 33 heavy (non-hydrogen) atoms. The van der Waals surface area contributed by atoms with E-state index in [0.29, 0.717) is 12.2 Å². The molecule has 3 aliphatic rings. The minimum Gasteiger partial charge on any atom is -0.373 e. The van der Waals surface area contributed by atoms with Crippen LogP contribution in [0, 0.1) is 0 Å². The molecule has 0 radical (unpaired) electrons. The average Bonchev–Trinajstić information content (AvgIpc) is 3.73. The number of hydrogen-bond acceptors (Lipinski definition) is 2. The van der Waals surface area contributed by atoms with Crippen LogP contribution in [0.15, 0.2) is 45.3 Å². The number of fused-ring (bicyclic) bond motifs is 3. The summed E-state index contributed by atoms with van der Waals surface area (Å²) in [5.41, 5.74) is 6.11. The first-order valence-electron chi connectivity index (χ1n) is 13.0. The van der Waals surface area contributed by atoms with Gasteiger partial charge in [-0.15, -0.1) is 0 Å². The molecule has 2 fully saturated rings. The Morgan fingerprint density at radius 2 is 1.06 bits per heavy atom. The van der Waals surface area contributed by atoms with E-state index in [0.717, 1.165) is 13.2 Å². The van der Waals surface area contributed by atoms with Crippen molar-refractivity contribution in [3.63, 3.8) is 0 Å². The molecule has 178 valence electrons. The maximum Gasteiger partial charge on any atom is 0.0810 e. The van der Waals surface area contributed by atoms with Crippen LogP contribution in [0.2, 0.25) is 0 Å². The van der Waals surface area contributed by atoms with E-state index in [2.05, 4.69) is 68.3 Å². The lowest BCUT2D eigenvalue weighted by Crippen LogP contribution is -2.25. The molecule has 2 heterocycles. The van der Waals surface area contributed by atoms with Crippen LogP contribution >= 0.6 is 31.9 Å². The minimum atomic E-state index is 0.136. The van der Waals surface area contributed by atoms with Gasteiger partial charge in [-0.1, -0.05) is 95.4 Å². The Kier molecular flexibility index (Phi) is 7.96. The lowest BCUT2D eigenvalue weighted by atomic mass is 9.70. The summed E-state index contributed by atoms with van der Waals surface area (Å²) >= 11 is 7.57. The Labute approximate surface area is 216 Å². The second-order valence-electron chi connectivity index (χ2n) is 10.3. The molecule has 2 aromatic carbocycles. The van der Waals surface area contributed by atoms with E-state index in [9.17, 15) is 0 Å². The van der Waals surface area contributed by atoms with Gasteiger partial charge in [0.25, 0.3) is 0 Å². The van der Waals surface area contributed by atoms with E-state index in [1.807, 2.05) is 0 Å². The van der Waals surface area contributed by atoms with Gasteiger partial charge in [-0.25, -0.2) is 0 Å². The molecule has 5 rings (SSSR count). The maximum absolute atomic E-state index is 5.39. The maximum atomic E-state index is 5.39. The zero-order valence-electron chi connectivity index (χ0n) is 19.6. The zero-order valence-corrected chi connectivity index (χ0v) is 22.8. The number of ether oxygens (including phenoxy) is 2. The summed E-state index contributed by atoms with van der Waals surface area (Å²) in [6.07, 6.45) is 16.7. The Bertz CT molecular complexity index is 871. The Morgan fingerprint density at radius 3 is 1.48 bits per heavy atom. The SMILES string of the molecule is Brc1ccc2c(c1)C(CCCCCCC1CO1)(CCCCCCC1CO1)c1cc(Br)ccc1-2. The Morgan fingerprint density at radius 1 is 0.636 bits per heavy atom. The molecule has 2 aromatic rings. The van der Waals surface area contributed by atoms with Crippen LogP contribution in [0.25, 0.3) is 11.1 Å². The third-order valence-electron chi connectivity index (χ3n) is 7.85. The first-order valence-corrected chi connectivity index (χ1v) is 14.6. The summed E-state index contributed by atoms with van der Waals surface area (Å²) in [5.74, 6) is 0. The fourth-order valence-corrected chi connectivity index (χ4v) is 6.60. The van der Waals surface area contributed by atoms with Gasteiger partial charge in [-0.2, -0.15) is 0 Å². The van der Waals surface area contributed by atoms with Crippen LogP contribution in [0.4, 0.5) is 0 Å². The highest BCUT2D eigenvalue weighted by Crippen LogP contribution is 2.55. The van der Waals surface area contributed by atoms with Crippen LogP contribution in [-0.4, -0.2) is 25.4 Å². The van der Waals surface area contributed by atoms with Crippen LogP contribution in [-0.2, 0) is 14.9 Å². The molecule has 0 saturated carbocycles.